The molecule has 0 fully saturated rings. The van der Waals surface area contributed by atoms with Crippen LogP contribution in [0.1, 0.15) is 43.6 Å². The normalized spacial score (nSPS) is 20.1. The summed E-state index contributed by atoms with van der Waals surface area (Å²) in [7, 11) is 0. The van der Waals surface area contributed by atoms with Crippen LogP contribution in [0.15, 0.2) is 6.33 Å². The minimum Gasteiger partial charge on any atom is -0.480 e. The van der Waals surface area contributed by atoms with Gasteiger partial charge in [-0.2, -0.15) is 0 Å². The van der Waals surface area contributed by atoms with Crippen molar-refractivity contribution in [3.8, 4) is 0 Å². The Morgan fingerprint density at radius 3 is 3.00 bits per heavy atom. The van der Waals surface area contributed by atoms with Gasteiger partial charge in [-0.3, -0.25) is 0 Å². The second-order valence-corrected chi connectivity index (χ2v) is 4.03. The molecule has 1 aromatic rings. The Labute approximate surface area is 82.6 Å². The van der Waals surface area contributed by atoms with E-state index in [4.69, 9.17) is 5.11 Å². The molecule has 0 saturated heterocycles. The van der Waals surface area contributed by atoms with Gasteiger partial charge >= 0.3 is 5.97 Å². The van der Waals surface area contributed by atoms with Crippen LogP contribution in [0.25, 0.3) is 0 Å². The zero-order chi connectivity index (χ0) is 10.3. The maximum absolute atomic E-state index is 10.9. The van der Waals surface area contributed by atoms with Crippen LogP contribution in [0, 0.1) is 0 Å². The largest absolute Gasteiger partial charge is 0.480 e. The molecule has 0 bridgehead atoms. The summed E-state index contributed by atoms with van der Waals surface area (Å²) in [6.07, 6.45) is 3.20. The maximum atomic E-state index is 10.9. The molecule has 0 spiro atoms. The van der Waals surface area contributed by atoms with Crippen LogP contribution >= 0.6 is 0 Å². The molecule has 1 aliphatic heterocycles. The summed E-state index contributed by atoms with van der Waals surface area (Å²) < 4.78 is 1.80. The van der Waals surface area contributed by atoms with Crippen molar-refractivity contribution < 1.29 is 9.90 Å². The van der Waals surface area contributed by atoms with Crippen LogP contribution in [-0.4, -0.2) is 20.6 Å². The smallest absolute Gasteiger partial charge is 0.326 e. The zero-order valence-corrected chi connectivity index (χ0v) is 8.40. The summed E-state index contributed by atoms with van der Waals surface area (Å²) in [5.41, 5.74) is 2.15. The number of fused-ring (bicyclic) bond motifs is 1. The molecule has 1 atom stereocenters. The summed E-state index contributed by atoms with van der Waals surface area (Å²) in [6.45, 7) is 4.16. The first-order valence-electron chi connectivity index (χ1n) is 4.89. The van der Waals surface area contributed by atoms with Gasteiger partial charge in [-0.1, -0.05) is 13.8 Å². The summed E-state index contributed by atoms with van der Waals surface area (Å²) in [4.78, 5) is 15.2. The van der Waals surface area contributed by atoms with Crippen molar-refractivity contribution in [2.24, 2.45) is 0 Å². The van der Waals surface area contributed by atoms with E-state index in [1.165, 1.54) is 0 Å². The van der Waals surface area contributed by atoms with Gasteiger partial charge in [-0.25, -0.2) is 9.78 Å². The molecule has 1 aromatic heterocycles. The van der Waals surface area contributed by atoms with Crippen LogP contribution in [0.5, 0.6) is 0 Å². The Morgan fingerprint density at radius 1 is 1.71 bits per heavy atom. The lowest BCUT2D eigenvalue weighted by Crippen LogP contribution is -2.13. The lowest BCUT2D eigenvalue weighted by Gasteiger charge is -2.05. The highest BCUT2D eigenvalue weighted by atomic mass is 16.4. The van der Waals surface area contributed by atoms with E-state index in [1.54, 1.807) is 10.9 Å². The number of imidazole rings is 1. The molecule has 0 radical (unpaired) electrons. The maximum Gasteiger partial charge on any atom is 0.326 e. The van der Waals surface area contributed by atoms with E-state index in [-0.39, 0.29) is 0 Å². The predicted octanol–water partition coefficient (Wildman–Crippen LogP) is 1.58. The molecule has 0 amide bonds. The zero-order valence-electron chi connectivity index (χ0n) is 8.40. The van der Waals surface area contributed by atoms with Gasteiger partial charge in [0, 0.05) is 5.69 Å². The van der Waals surface area contributed by atoms with Gasteiger partial charge in [0.15, 0.2) is 0 Å². The number of carbonyl (C=O) groups is 1. The van der Waals surface area contributed by atoms with E-state index in [0.29, 0.717) is 12.3 Å². The second kappa shape index (κ2) is 3.12. The molecule has 0 aliphatic carbocycles. The van der Waals surface area contributed by atoms with Crippen molar-refractivity contribution in [2.45, 2.75) is 38.6 Å². The van der Waals surface area contributed by atoms with E-state index < -0.39 is 12.0 Å². The Bertz CT molecular complexity index is 368. The summed E-state index contributed by atoms with van der Waals surface area (Å²) in [5.74, 6) is -0.379. The summed E-state index contributed by atoms with van der Waals surface area (Å²) >= 11 is 0. The van der Waals surface area contributed by atoms with Gasteiger partial charge in [-0.15, -0.1) is 0 Å². The molecule has 2 heterocycles. The first-order chi connectivity index (χ1) is 6.61. The quantitative estimate of drug-likeness (QED) is 0.777. The fraction of sp³-hybridized carbons (Fsp3) is 0.600. The Kier molecular flexibility index (Phi) is 2.06. The third-order valence-electron chi connectivity index (χ3n) is 2.75. The highest BCUT2D eigenvalue weighted by Crippen LogP contribution is 2.30. The van der Waals surface area contributed by atoms with Gasteiger partial charge in [-0.05, 0) is 18.8 Å². The topological polar surface area (TPSA) is 55.1 Å². The fourth-order valence-electron chi connectivity index (χ4n) is 2.06. The first-order valence-corrected chi connectivity index (χ1v) is 4.89. The van der Waals surface area contributed by atoms with Crippen LogP contribution in [0.4, 0.5) is 0 Å². The van der Waals surface area contributed by atoms with E-state index in [2.05, 4.69) is 18.8 Å². The van der Waals surface area contributed by atoms with Crippen molar-refractivity contribution in [1.82, 2.24) is 9.55 Å². The van der Waals surface area contributed by atoms with Gasteiger partial charge in [0.1, 0.15) is 6.04 Å². The molecular weight excluding hydrogens is 180 g/mol. The first kappa shape index (κ1) is 9.24. The standard InChI is InChI=1S/C10H14N2O2/c1-6(2)9-7-3-4-8(10(13)14)12(7)5-11-9/h5-6,8H,3-4H2,1-2H3,(H,13,14). The molecule has 1 N–H and O–H groups in total. The minimum absolute atomic E-state index is 0.374. The monoisotopic (exact) mass is 194 g/mol. The Hall–Kier alpha value is -1.32. The number of hydrogen-bond acceptors (Lipinski definition) is 2. The Balaban J connectivity index is 2.39. The van der Waals surface area contributed by atoms with Crippen molar-refractivity contribution in [2.75, 3.05) is 0 Å². The third kappa shape index (κ3) is 1.22. The highest BCUT2D eigenvalue weighted by molar-refractivity contribution is 5.72. The third-order valence-corrected chi connectivity index (χ3v) is 2.75. The molecule has 4 nitrogen and oxygen atoms in total. The van der Waals surface area contributed by atoms with Crippen LogP contribution in [0.3, 0.4) is 0 Å². The SMILES string of the molecule is CC(C)c1ncn2c1CCC2C(=O)O. The van der Waals surface area contributed by atoms with Crippen LogP contribution in [-0.2, 0) is 11.2 Å². The Morgan fingerprint density at radius 2 is 2.43 bits per heavy atom. The van der Waals surface area contributed by atoms with E-state index in [9.17, 15) is 4.79 Å². The summed E-state index contributed by atoms with van der Waals surface area (Å²) in [5, 5.41) is 8.96. The van der Waals surface area contributed by atoms with Gasteiger partial charge in [0.05, 0.1) is 12.0 Å². The number of aromatic nitrogens is 2. The molecule has 4 heteroatoms. The van der Waals surface area contributed by atoms with Crippen LogP contribution < -0.4 is 0 Å². The number of aliphatic carboxylic acids is 1. The van der Waals surface area contributed by atoms with E-state index >= 15 is 0 Å². The fourth-order valence-corrected chi connectivity index (χ4v) is 2.06. The van der Waals surface area contributed by atoms with Crippen molar-refractivity contribution >= 4 is 5.97 Å². The number of nitrogens with zero attached hydrogens (tertiary/aromatic N) is 2. The molecule has 2 rings (SSSR count). The predicted molar refractivity (Wildman–Crippen MR) is 51.3 cm³/mol. The van der Waals surface area contributed by atoms with E-state index in [1.807, 2.05) is 0 Å². The minimum atomic E-state index is -0.753. The van der Waals surface area contributed by atoms with Gasteiger partial charge in [0.2, 0.25) is 0 Å². The molecule has 0 aromatic carbocycles. The van der Waals surface area contributed by atoms with E-state index in [0.717, 1.165) is 17.8 Å². The lowest BCUT2D eigenvalue weighted by atomic mass is 10.1. The summed E-state index contributed by atoms with van der Waals surface area (Å²) in [6, 6.07) is -0.398. The van der Waals surface area contributed by atoms with Gasteiger partial charge in [0.25, 0.3) is 0 Å². The second-order valence-electron chi connectivity index (χ2n) is 4.03. The number of hydrogen-bond donors (Lipinski definition) is 1. The number of carboxylic acids is 1. The lowest BCUT2D eigenvalue weighted by molar-refractivity contribution is -0.140. The molecule has 14 heavy (non-hydrogen) atoms. The van der Waals surface area contributed by atoms with Crippen molar-refractivity contribution in [3.63, 3.8) is 0 Å². The molecule has 1 unspecified atom stereocenters. The number of carboxylic acid groups (broad SMARTS) is 1. The average molecular weight is 194 g/mol. The van der Waals surface area contributed by atoms with Crippen molar-refractivity contribution in [3.05, 3.63) is 17.7 Å². The highest BCUT2D eigenvalue weighted by Gasteiger charge is 2.30. The average Bonchev–Trinajstić information content (AvgIpc) is 2.59. The van der Waals surface area contributed by atoms with Crippen molar-refractivity contribution in [1.29, 1.82) is 0 Å². The number of rotatable bonds is 2. The van der Waals surface area contributed by atoms with Gasteiger partial charge < -0.3 is 9.67 Å². The molecule has 1 aliphatic rings. The molecule has 0 saturated carbocycles. The molecular formula is C10H14N2O2. The molecule has 76 valence electrons. The van der Waals surface area contributed by atoms with Crippen LogP contribution in [0.2, 0.25) is 0 Å².